The molecule has 3 aliphatic rings. The highest BCUT2D eigenvalue weighted by atomic mass is 35.5. The van der Waals surface area contributed by atoms with E-state index in [-0.39, 0.29) is 11.3 Å². The van der Waals surface area contributed by atoms with E-state index in [0.29, 0.717) is 42.4 Å². The van der Waals surface area contributed by atoms with Crippen molar-refractivity contribution in [3.8, 4) is 5.75 Å². The van der Waals surface area contributed by atoms with E-state index in [2.05, 4.69) is 16.5 Å². The van der Waals surface area contributed by atoms with Crippen LogP contribution in [0, 0.1) is 11.3 Å². The summed E-state index contributed by atoms with van der Waals surface area (Å²) in [7, 11) is -0.355. The Morgan fingerprint density at radius 3 is 2.58 bits per heavy atom. The third-order valence-electron chi connectivity index (χ3n) is 10.6. The molecule has 2 aromatic rings. The Labute approximate surface area is 274 Å². The Bertz CT molecular complexity index is 1470. The number of sulfonamides is 1. The number of methoxy groups -OCH3 is 2. The molecule has 1 saturated carbocycles. The summed E-state index contributed by atoms with van der Waals surface area (Å²) in [5, 5.41) is 0.0589. The van der Waals surface area contributed by atoms with Crippen molar-refractivity contribution in [2.75, 3.05) is 38.8 Å². The van der Waals surface area contributed by atoms with E-state index in [1.165, 1.54) is 5.56 Å². The molecule has 0 saturated heterocycles. The molecule has 1 aliphatic carbocycles. The summed E-state index contributed by atoms with van der Waals surface area (Å²) in [5.74, 6) is 0.317. The number of nitrogens with zero attached hydrogens (tertiary/aromatic N) is 1. The number of hydrogen-bond donors (Lipinski definition) is 1. The molecular formula is C35H49ClN2O6S. The minimum atomic E-state index is -3.87. The SMILES string of the molecule is CC[C@@H]1CCCC[C@@](COC)(OC)[C@@H]2CCC2(C)CN2CCCCc3cc(Cl)ccc3COc3ccc(cc32)C(=O)NS1(=O)=O. The molecule has 248 valence electrons. The van der Waals surface area contributed by atoms with Crippen molar-refractivity contribution >= 4 is 33.2 Å². The zero-order valence-corrected chi connectivity index (χ0v) is 28.8. The lowest BCUT2D eigenvalue weighted by atomic mass is 9.54. The number of nitrogens with one attached hydrogen (secondary N) is 1. The van der Waals surface area contributed by atoms with Gasteiger partial charge in [-0.3, -0.25) is 4.79 Å². The summed E-state index contributed by atoms with van der Waals surface area (Å²) < 4.78 is 47.9. The maximum Gasteiger partial charge on any atom is 0.264 e. The normalized spacial score (nSPS) is 29.2. The maximum atomic E-state index is 13.5. The second kappa shape index (κ2) is 14.2. The lowest BCUT2D eigenvalue weighted by Gasteiger charge is -2.57. The zero-order chi connectivity index (χ0) is 32.2. The smallest absolute Gasteiger partial charge is 0.264 e. The molecule has 8 nitrogen and oxygen atoms in total. The third-order valence-corrected chi connectivity index (χ3v) is 12.7. The van der Waals surface area contributed by atoms with Gasteiger partial charge in [-0.1, -0.05) is 44.4 Å². The molecular weight excluding hydrogens is 612 g/mol. The molecule has 4 atom stereocenters. The Morgan fingerprint density at radius 2 is 1.87 bits per heavy atom. The van der Waals surface area contributed by atoms with Crippen LogP contribution in [0.1, 0.15) is 93.1 Å². The molecule has 2 aromatic carbocycles. The van der Waals surface area contributed by atoms with Crippen molar-refractivity contribution in [1.29, 1.82) is 0 Å². The largest absolute Gasteiger partial charge is 0.487 e. The number of ether oxygens (including phenoxy) is 3. The summed E-state index contributed by atoms with van der Waals surface area (Å²) in [6, 6.07) is 11.2. The van der Waals surface area contributed by atoms with E-state index in [9.17, 15) is 13.2 Å². The fourth-order valence-electron chi connectivity index (χ4n) is 7.90. The number of carbonyl (C=O) groups is 1. The Kier molecular flexibility index (Phi) is 10.7. The van der Waals surface area contributed by atoms with Crippen LogP contribution in [0.15, 0.2) is 36.4 Å². The van der Waals surface area contributed by atoms with Crippen LogP contribution < -0.4 is 14.4 Å². The molecule has 0 spiro atoms. The van der Waals surface area contributed by atoms with Crippen molar-refractivity contribution in [2.24, 2.45) is 11.3 Å². The van der Waals surface area contributed by atoms with Crippen LogP contribution >= 0.6 is 11.6 Å². The number of anilines is 1. The number of benzene rings is 2. The number of fused-ring (bicyclic) bond motifs is 3. The van der Waals surface area contributed by atoms with Crippen LogP contribution in [0.25, 0.3) is 0 Å². The quantitative estimate of drug-likeness (QED) is 0.380. The van der Waals surface area contributed by atoms with Crippen molar-refractivity contribution in [2.45, 2.75) is 95.5 Å². The number of hydrogen-bond acceptors (Lipinski definition) is 7. The second-order valence-electron chi connectivity index (χ2n) is 13.5. The van der Waals surface area contributed by atoms with Crippen molar-refractivity contribution in [1.82, 2.24) is 4.72 Å². The molecule has 2 bridgehead atoms. The van der Waals surface area contributed by atoms with Gasteiger partial charge in [-0.2, -0.15) is 0 Å². The first kappa shape index (κ1) is 34.0. The first-order chi connectivity index (χ1) is 21.5. The molecule has 2 heterocycles. The lowest BCUT2D eigenvalue weighted by molar-refractivity contribution is -0.174. The van der Waals surface area contributed by atoms with Crippen LogP contribution in [-0.4, -0.2) is 59.1 Å². The third kappa shape index (κ3) is 7.32. The van der Waals surface area contributed by atoms with Gasteiger partial charge >= 0.3 is 0 Å². The van der Waals surface area contributed by atoms with Gasteiger partial charge in [-0.15, -0.1) is 0 Å². The summed E-state index contributed by atoms with van der Waals surface area (Å²) >= 11 is 6.36. The standard InChI is InChI=1S/C35H49ClN2O6S/c1-5-29-11-6-8-17-35(43-4,24-42-3)32-16-18-34(32,2)23-38-19-9-7-10-25-20-28(36)14-12-27(25)22-44-31-15-13-26(21-30(31)38)33(39)37-45(29,40)41/h12-15,20-21,29,32H,5-11,16-19,22-24H2,1-4H3,(H,37,39)/t29-,32-,34?,35+/m1/s1. The highest BCUT2D eigenvalue weighted by Crippen LogP contribution is 2.55. The van der Waals surface area contributed by atoms with Gasteiger partial charge in [0.25, 0.3) is 5.91 Å². The van der Waals surface area contributed by atoms with Gasteiger partial charge < -0.3 is 19.1 Å². The van der Waals surface area contributed by atoms with Gasteiger partial charge in [0.15, 0.2) is 0 Å². The predicted molar refractivity (Wildman–Crippen MR) is 179 cm³/mol. The highest BCUT2D eigenvalue weighted by Gasteiger charge is 2.55. The molecule has 2 aliphatic heterocycles. The average molecular weight is 661 g/mol. The molecule has 0 aromatic heterocycles. The first-order valence-electron chi connectivity index (χ1n) is 16.4. The summed E-state index contributed by atoms with van der Waals surface area (Å²) in [5.41, 5.74) is 2.85. The van der Waals surface area contributed by atoms with E-state index < -0.39 is 26.8 Å². The van der Waals surface area contributed by atoms with Gasteiger partial charge in [-0.05, 0) is 104 Å². The number of halogens is 1. The van der Waals surface area contributed by atoms with Crippen LogP contribution in [0.5, 0.6) is 5.75 Å². The summed E-state index contributed by atoms with van der Waals surface area (Å²) in [4.78, 5) is 15.8. The highest BCUT2D eigenvalue weighted by molar-refractivity contribution is 7.90. The predicted octanol–water partition coefficient (Wildman–Crippen LogP) is 6.92. The number of rotatable bonds is 4. The molecule has 10 heteroatoms. The van der Waals surface area contributed by atoms with E-state index in [4.69, 9.17) is 25.8 Å². The topological polar surface area (TPSA) is 94.2 Å². The van der Waals surface area contributed by atoms with Crippen molar-refractivity contribution in [3.05, 3.63) is 58.1 Å². The molecule has 0 radical (unpaired) electrons. The van der Waals surface area contributed by atoms with Crippen molar-refractivity contribution < 1.29 is 27.4 Å². The molecule has 1 fully saturated rings. The lowest BCUT2D eigenvalue weighted by Crippen LogP contribution is -2.59. The van der Waals surface area contributed by atoms with Crippen LogP contribution in [0.3, 0.4) is 0 Å². The fraction of sp³-hybridized carbons (Fsp3) is 0.629. The molecule has 1 unspecified atom stereocenters. The van der Waals surface area contributed by atoms with E-state index in [0.717, 1.165) is 75.7 Å². The van der Waals surface area contributed by atoms with Gasteiger partial charge in [0, 0.05) is 37.9 Å². The molecule has 1 amide bonds. The number of carbonyl (C=O) groups excluding carboxylic acids is 1. The Morgan fingerprint density at radius 1 is 1.04 bits per heavy atom. The molecule has 45 heavy (non-hydrogen) atoms. The molecule has 1 N–H and O–H groups in total. The summed E-state index contributed by atoms with van der Waals surface area (Å²) in [6.07, 6.45) is 8.12. The van der Waals surface area contributed by atoms with Crippen LogP contribution in [0.2, 0.25) is 5.02 Å². The van der Waals surface area contributed by atoms with Gasteiger partial charge in [0.05, 0.1) is 23.1 Å². The van der Waals surface area contributed by atoms with Gasteiger partial charge in [0.2, 0.25) is 10.0 Å². The minimum absolute atomic E-state index is 0.0624. The number of amides is 1. The monoisotopic (exact) mass is 660 g/mol. The van der Waals surface area contributed by atoms with Gasteiger partial charge in [-0.25, -0.2) is 13.1 Å². The minimum Gasteiger partial charge on any atom is -0.487 e. The average Bonchev–Trinajstić information content (AvgIpc) is 3.03. The first-order valence-corrected chi connectivity index (χ1v) is 18.4. The number of aryl methyl sites for hydroxylation is 1. The van der Waals surface area contributed by atoms with Crippen molar-refractivity contribution in [3.63, 3.8) is 0 Å². The maximum absolute atomic E-state index is 13.5. The fourth-order valence-corrected chi connectivity index (χ4v) is 9.55. The van der Waals surface area contributed by atoms with E-state index >= 15 is 0 Å². The second-order valence-corrected chi connectivity index (χ2v) is 15.9. The van der Waals surface area contributed by atoms with Crippen LogP contribution in [0.4, 0.5) is 5.69 Å². The van der Waals surface area contributed by atoms with E-state index in [1.54, 1.807) is 20.3 Å². The van der Waals surface area contributed by atoms with E-state index in [1.807, 2.05) is 37.3 Å². The Balaban J connectivity index is 1.59. The summed E-state index contributed by atoms with van der Waals surface area (Å²) in [6.45, 7) is 6.58. The Hall–Kier alpha value is -2.33. The zero-order valence-electron chi connectivity index (χ0n) is 27.2. The van der Waals surface area contributed by atoms with Crippen LogP contribution in [-0.2, 0) is 32.5 Å². The molecule has 5 rings (SSSR count). The van der Waals surface area contributed by atoms with Gasteiger partial charge in [0.1, 0.15) is 12.4 Å².